The van der Waals surface area contributed by atoms with Gasteiger partial charge in [-0.2, -0.15) is 0 Å². The summed E-state index contributed by atoms with van der Waals surface area (Å²) in [7, 11) is 0. The fraction of sp³-hybridized carbons (Fsp3) is 0.474. The highest BCUT2D eigenvalue weighted by atomic mass is 15.1. The lowest BCUT2D eigenvalue weighted by molar-refractivity contribution is 0.493. The van der Waals surface area contributed by atoms with Gasteiger partial charge in [0, 0.05) is 17.6 Å². The number of benzene rings is 1. The largest absolute Gasteiger partial charge is 0.370 e. The highest BCUT2D eigenvalue weighted by Gasteiger charge is 2.05. The van der Waals surface area contributed by atoms with Gasteiger partial charge in [-0.3, -0.25) is 4.98 Å². The van der Waals surface area contributed by atoms with Crippen molar-refractivity contribution >= 4 is 16.9 Å². The Morgan fingerprint density at radius 3 is 2.74 bits per heavy atom. The topological polar surface area (TPSA) is 63.3 Å². The van der Waals surface area contributed by atoms with Gasteiger partial charge in [-0.25, -0.2) is 4.99 Å². The molecular formula is C19H28N4. The summed E-state index contributed by atoms with van der Waals surface area (Å²) in [6.45, 7) is 7.21. The zero-order chi connectivity index (χ0) is 16.7. The molecule has 0 aliphatic rings. The predicted octanol–water partition coefficient (Wildman–Crippen LogP) is 3.85. The van der Waals surface area contributed by atoms with Crippen LogP contribution in [0.3, 0.4) is 0 Å². The van der Waals surface area contributed by atoms with E-state index in [1.807, 2.05) is 18.3 Å². The van der Waals surface area contributed by atoms with E-state index in [2.05, 4.69) is 54.3 Å². The number of nitrogens with two attached hydrogens (primary N) is 1. The molecule has 0 fully saturated rings. The summed E-state index contributed by atoms with van der Waals surface area (Å²) in [6, 6.07) is 10.5. The van der Waals surface area contributed by atoms with Crippen molar-refractivity contribution in [1.29, 1.82) is 0 Å². The Morgan fingerprint density at radius 2 is 1.96 bits per heavy atom. The van der Waals surface area contributed by atoms with E-state index in [0.717, 1.165) is 28.8 Å². The second kappa shape index (κ2) is 8.51. The fourth-order valence-corrected chi connectivity index (χ4v) is 2.67. The summed E-state index contributed by atoms with van der Waals surface area (Å²) in [5.41, 5.74) is 8.11. The van der Waals surface area contributed by atoms with Gasteiger partial charge in [0.2, 0.25) is 0 Å². The average Bonchev–Trinajstić information content (AvgIpc) is 2.52. The normalized spacial score (nSPS) is 13.5. The lowest BCUT2D eigenvalue weighted by Gasteiger charge is -2.15. The SMILES string of the molecule is CC(C)CCCC(C)NC(N)=NCc1cccc2cccnc12. The molecule has 0 aliphatic carbocycles. The van der Waals surface area contributed by atoms with E-state index in [4.69, 9.17) is 5.73 Å². The van der Waals surface area contributed by atoms with Crippen LogP contribution in [0.2, 0.25) is 0 Å². The van der Waals surface area contributed by atoms with Gasteiger partial charge in [-0.15, -0.1) is 0 Å². The molecule has 124 valence electrons. The molecule has 1 unspecified atom stereocenters. The van der Waals surface area contributed by atoms with Crippen LogP contribution >= 0.6 is 0 Å². The van der Waals surface area contributed by atoms with Crippen molar-refractivity contribution in [2.75, 3.05) is 0 Å². The van der Waals surface area contributed by atoms with Gasteiger partial charge in [0.05, 0.1) is 12.1 Å². The lowest BCUT2D eigenvalue weighted by Crippen LogP contribution is -2.38. The number of nitrogens with zero attached hydrogens (tertiary/aromatic N) is 2. The second-order valence-electron chi connectivity index (χ2n) is 6.56. The molecule has 1 aromatic heterocycles. The number of hydrogen-bond donors (Lipinski definition) is 2. The molecule has 0 saturated carbocycles. The molecule has 4 nitrogen and oxygen atoms in total. The van der Waals surface area contributed by atoms with E-state index in [1.54, 1.807) is 0 Å². The van der Waals surface area contributed by atoms with E-state index >= 15 is 0 Å². The first-order chi connectivity index (χ1) is 11.1. The van der Waals surface area contributed by atoms with Crippen LogP contribution in [0.5, 0.6) is 0 Å². The molecule has 0 saturated heterocycles. The van der Waals surface area contributed by atoms with Gasteiger partial charge in [0.25, 0.3) is 0 Å². The Labute approximate surface area is 139 Å². The lowest BCUT2D eigenvalue weighted by atomic mass is 10.0. The molecule has 1 atom stereocenters. The van der Waals surface area contributed by atoms with Crippen molar-refractivity contribution in [2.24, 2.45) is 16.6 Å². The van der Waals surface area contributed by atoms with Gasteiger partial charge in [0.1, 0.15) is 0 Å². The molecule has 23 heavy (non-hydrogen) atoms. The number of nitrogens with one attached hydrogen (secondary N) is 1. The minimum atomic E-state index is 0.350. The van der Waals surface area contributed by atoms with Crippen LogP contribution in [0.15, 0.2) is 41.5 Å². The van der Waals surface area contributed by atoms with Gasteiger partial charge in [-0.05, 0) is 30.9 Å². The summed E-state index contributed by atoms with van der Waals surface area (Å²) >= 11 is 0. The first-order valence-electron chi connectivity index (χ1n) is 8.45. The molecule has 1 aromatic carbocycles. The summed E-state index contributed by atoms with van der Waals surface area (Å²) in [5, 5.41) is 4.41. The van der Waals surface area contributed by atoms with Gasteiger partial charge in [0.15, 0.2) is 5.96 Å². The monoisotopic (exact) mass is 312 g/mol. The highest BCUT2D eigenvalue weighted by Crippen LogP contribution is 2.16. The van der Waals surface area contributed by atoms with Crippen LogP contribution in [0, 0.1) is 5.92 Å². The van der Waals surface area contributed by atoms with Gasteiger partial charge < -0.3 is 11.1 Å². The average molecular weight is 312 g/mol. The van der Waals surface area contributed by atoms with E-state index < -0.39 is 0 Å². The molecule has 2 aromatic rings. The van der Waals surface area contributed by atoms with Crippen LogP contribution in [-0.2, 0) is 6.54 Å². The van der Waals surface area contributed by atoms with Gasteiger partial charge >= 0.3 is 0 Å². The zero-order valence-corrected chi connectivity index (χ0v) is 14.4. The van der Waals surface area contributed by atoms with Crippen LogP contribution in [0.25, 0.3) is 10.9 Å². The van der Waals surface area contributed by atoms with Crippen LogP contribution < -0.4 is 11.1 Å². The van der Waals surface area contributed by atoms with Crippen LogP contribution in [0.1, 0.15) is 45.6 Å². The summed E-state index contributed by atoms with van der Waals surface area (Å²) in [4.78, 5) is 8.92. The molecule has 0 radical (unpaired) electrons. The van der Waals surface area contributed by atoms with Crippen molar-refractivity contribution in [3.8, 4) is 0 Å². The van der Waals surface area contributed by atoms with Crippen molar-refractivity contribution in [3.63, 3.8) is 0 Å². The minimum absolute atomic E-state index is 0.350. The number of rotatable bonds is 7. The molecule has 1 heterocycles. The van der Waals surface area contributed by atoms with E-state index in [-0.39, 0.29) is 0 Å². The number of fused-ring (bicyclic) bond motifs is 1. The molecule has 0 amide bonds. The van der Waals surface area contributed by atoms with Gasteiger partial charge in [-0.1, -0.05) is 51.0 Å². The third kappa shape index (κ3) is 5.55. The van der Waals surface area contributed by atoms with Crippen LogP contribution in [-0.4, -0.2) is 17.0 Å². The molecule has 0 spiro atoms. The second-order valence-corrected chi connectivity index (χ2v) is 6.56. The third-order valence-corrected chi connectivity index (χ3v) is 3.95. The number of para-hydroxylation sites is 1. The first kappa shape index (κ1) is 17.3. The maximum Gasteiger partial charge on any atom is 0.189 e. The molecule has 4 heteroatoms. The number of hydrogen-bond acceptors (Lipinski definition) is 2. The fourth-order valence-electron chi connectivity index (χ4n) is 2.67. The Balaban J connectivity index is 1.91. The van der Waals surface area contributed by atoms with E-state index in [0.29, 0.717) is 18.5 Å². The maximum absolute atomic E-state index is 6.02. The summed E-state index contributed by atoms with van der Waals surface area (Å²) in [6.07, 6.45) is 5.40. The van der Waals surface area contributed by atoms with E-state index in [1.165, 1.54) is 12.8 Å². The van der Waals surface area contributed by atoms with Crippen molar-refractivity contribution in [2.45, 2.75) is 52.6 Å². The predicted molar refractivity (Wildman–Crippen MR) is 98.4 cm³/mol. The third-order valence-electron chi connectivity index (χ3n) is 3.95. The van der Waals surface area contributed by atoms with Crippen molar-refractivity contribution < 1.29 is 0 Å². The smallest absolute Gasteiger partial charge is 0.189 e. The number of pyridine rings is 1. The minimum Gasteiger partial charge on any atom is -0.370 e. The standard InChI is InChI=1S/C19H28N4/c1-14(2)7-4-8-15(3)23-19(20)22-13-17-10-5-9-16-11-6-12-21-18(16)17/h5-6,9-12,14-15H,4,7-8,13H2,1-3H3,(H3,20,22,23). The first-order valence-corrected chi connectivity index (χ1v) is 8.45. The Hall–Kier alpha value is -2.10. The van der Waals surface area contributed by atoms with Crippen LogP contribution in [0.4, 0.5) is 0 Å². The number of aromatic nitrogens is 1. The molecule has 3 N–H and O–H groups in total. The molecule has 2 rings (SSSR count). The number of aliphatic imine (C=N–C) groups is 1. The Bertz CT molecular complexity index is 643. The quantitative estimate of drug-likeness (QED) is 0.603. The molecule has 0 bridgehead atoms. The van der Waals surface area contributed by atoms with Crippen molar-refractivity contribution in [1.82, 2.24) is 10.3 Å². The summed E-state index contributed by atoms with van der Waals surface area (Å²) < 4.78 is 0. The number of guanidine groups is 1. The maximum atomic E-state index is 6.02. The molecule has 0 aliphatic heterocycles. The Morgan fingerprint density at radius 1 is 1.17 bits per heavy atom. The van der Waals surface area contributed by atoms with E-state index in [9.17, 15) is 0 Å². The Kier molecular flexibility index (Phi) is 6.39. The zero-order valence-electron chi connectivity index (χ0n) is 14.4. The van der Waals surface area contributed by atoms with Crippen molar-refractivity contribution in [3.05, 3.63) is 42.1 Å². The summed E-state index contributed by atoms with van der Waals surface area (Å²) in [5.74, 6) is 1.27. The molecular weight excluding hydrogens is 284 g/mol. The highest BCUT2D eigenvalue weighted by molar-refractivity contribution is 5.82.